The number of thioether (sulfide) groups is 1. The molecule has 0 fully saturated rings. The van der Waals surface area contributed by atoms with Crippen molar-refractivity contribution in [3.63, 3.8) is 0 Å². The van der Waals surface area contributed by atoms with Gasteiger partial charge in [-0.3, -0.25) is 4.79 Å². The summed E-state index contributed by atoms with van der Waals surface area (Å²) in [5, 5.41) is 11.9. The number of hydrogen-bond acceptors (Lipinski definition) is 4. The Labute approximate surface area is 122 Å². The lowest BCUT2D eigenvalue weighted by Gasteiger charge is -2.08. The van der Waals surface area contributed by atoms with Crippen LogP contribution in [0.5, 0.6) is 0 Å². The van der Waals surface area contributed by atoms with Crippen molar-refractivity contribution in [1.29, 1.82) is 0 Å². The van der Waals surface area contributed by atoms with E-state index in [1.54, 1.807) is 6.20 Å². The predicted molar refractivity (Wildman–Crippen MR) is 81.1 cm³/mol. The second-order valence-electron chi connectivity index (χ2n) is 4.35. The fourth-order valence-corrected chi connectivity index (χ4v) is 2.32. The number of anilines is 1. The third kappa shape index (κ3) is 4.28. The van der Waals surface area contributed by atoms with Crippen LogP contribution in [0.3, 0.4) is 0 Å². The van der Waals surface area contributed by atoms with E-state index in [2.05, 4.69) is 10.3 Å². The van der Waals surface area contributed by atoms with Crippen LogP contribution in [0.15, 0.2) is 47.5 Å². The Balaban J connectivity index is 1.91. The fraction of sp³-hybridized carbons (Fsp3) is 0.200. The number of benzene rings is 1. The third-order valence-electron chi connectivity index (χ3n) is 2.76. The van der Waals surface area contributed by atoms with Gasteiger partial charge in [0.15, 0.2) is 0 Å². The molecule has 1 aromatic carbocycles. The molecule has 1 aromatic heterocycles. The van der Waals surface area contributed by atoms with Crippen molar-refractivity contribution in [2.75, 3.05) is 11.1 Å². The van der Waals surface area contributed by atoms with Crippen LogP contribution in [0.1, 0.15) is 11.1 Å². The number of rotatable bonds is 6. The molecule has 2 aromatic rings. The SMILES string of the molecule is Cc1cccnc1NCc1ccc(SCC(=O)O)cc1. The quantitative estimate of drug-likeness (QED) is 0.799. The van der Waals surface area contributed by atoms with Crippen molar-refractivity contribution >= 4 is 23.5 Å². The van der Waals surface area contributed by atoms with E-state index in [0.717, 1.165) is 21.8 Å². The molecule has 0 aliphatic heterocycles. The van der Waals surface area contributed by atoms with Crippen LogP contribution in [0, 0.1) is 6.92 Å². The molecule has 0 unspecified atom stereocenters. The second kappa shape index (κ2) is 6.96. The highest BCUT2D eigenvalue weighted by Crippen LogP contribution is 2.19. The van der Waals surface area contributed by atoms with E-state index in [9.17, 15) is 4.79 Å². The average Bonchev–Trinajstić information content (AvgIpc) is 2.45. The molecule has 0 atom stereocenters. The maximum absolute atomic E-state index is 10.5. The maximum atomic E-state index is 10.5. The number of aliphatic carboxylic acids is 1. The largest absolute Gasteiger partial charge is 0.481 e. The maximum Gasteiger partial charge on any atom is 0.313 e. The van der Waals surface area contributed by atoms with Gasteiger partial charge in [0.2, 0.25) is 0 Å². The molecule has 0 aliphatic rings. The Bertz CT molecular complexity index is 585. The number of carboxylic acids is 1. The number of nitrogens with one attached hydrogen (secondary N) is 1. The van der Waals surface area contributed by atoms with Crippen LogP contribution in [-0.2, 0) is 11.3 Å². The van der Waals surface area contributed by atoms with Crippen molar-refractivity contribution in [3.8, 4) is 0 Å². The van der Waals surface area contributed by atoms with Crippen molar-refractivity contribution in [1.82, 2.24) is 4.98 Å². The van der Waals surface area contributed by atoms with Gasteiger partial charge in [0, 0.05) is 17.6 Å². The lowest BCUT2D eigenvalue weighted by Crippen LogP contribution is -2.02. The highest BCUT2D eigenvalue weighted by molar-refractivity contribution is 8.00. The summed E-state index contributed by atoms with van der Waals surface area (Å²) in [6.45, 7) is 2.71. The van der Waals surface area contributed by atoms with Crippen LogP contribution in [-0.4, -0.2) is 21.8 Å². The zero-order valence-corrected chi connectivity index (χ0v) is 12.0. The molecule has 2 rings (SSSR count). The molecule has 0 bridgehead atoms. The fourth-order valence-electron chi connectivity index (χ4n) is 1.71. The third-order valence-corrected chi connectivity index (χ3v) is 3.75. The molecule has 0 saturated heterocycles. The molecule has 1 heterocycles. The Kier molecular flexibility index (Phi) is 5.01. The number of carboxylic acid groups (broad SMARTS) is 1. The predicted octanol–water partition coefficient (Wildman–Crippen LogP) is 3.18. The molecular weight excluding hydrogens is 272 g/mol. The Morgan fingerprint density at radius 1 is 1.30 bits per heavy atom. The smallest absolute Gasteiger partial charge is 0.313 e. The Morgan fingerprint density at radius 2 is 2.05 bits per heavy atom. The molecule has 2 N–H and O–H groups in total. The number of nitrogens with zero attached hydrogens (tertiary/aromatic N) is 1. The van der Waals surface area contributed by atoms with E-state index >= 15 is 0 Å². The summed E-state index contributed by atoms with van der Waals surface area (Å²) in [4.78, 5) is 15.7. The first-order valence-corrected chi connectivity index (χ1v) is 7.23. The van der Waals surface area contributed by atoms with Gasteiger partial charge in [0.25, 0.3) is 0 Å². The first-order chi connectivity index (χ1) is 9.65. The Morgan fingerprint density at radius 3 is 2.70 bits per heavy atom. The van der Waals surface area contributed by atoms with Gasteiger partial charge in [0.05, 0.1) is 5.75 Å². The van der Waals surface area contributed by atoms with Crippen LogP contribution in [0.4, 0.5) is 5.82 Å². The number of aromatic nitrogens is 1. The summed E-state index contributed by atoms with van der Waals surface area (Å²) in [7, 11) is 0. The number of pyridine rings is 1. The topological polar surface area (TPSA) is 62.2 Å². The van der Waals surface area contributed by atoms with Crippen molar-refractivity contribution < 1.29 is 9.90 Å². The monoisotopic (exact) mass is 288 g/mol. The van der Waals surface area contributed by atoms with Crippen molar-refractivity contribution in [2.45, 2.75) is 18.4 Å². The van der Waals surface area contributed by atoms with Gasteiger partial charge in [-0.05, 0) is 36.2 Å². The molecule has 0 aliphatic carbocycles. The molecule has 4 nitrogen and oxygen atoms in total. The summed E-state index contributed by atoms with van der Waals surface area (Å²) in [5.41, 5.74) is 2.25. The van der Waals surface area contributed by atoms with Gasteiger partial charge in [-0.1, -0.05) is 18.2 Å². The minimum atomic E-state index is -0.800. The van der Waals surface area contributed by atoms with Gasteiger partial charge >= 0.3 is 5.97 Å². The lowest BCUT2D eigenvalue weighted by atomic mass is 10.2. The zero-order chi connectivity index (χ0) is 14.4. The summed E-state index contributed by atoms with van der Waals surface area (Å²) < 4.78 is 0. The number of hydrogen-bond donors (Lipinski definition) is 2. The van der Waals surface area contributed by atoms with Gasteiger partial charge in [-0.15, -0.1) is 11.8 Å². The van der Waals surface area contributed by atoms with Gasteiger partial charge in [-0.2, -0.15) is 0 Å². The van der Waals surface area contributed by atoms with E-state index in [-0.39, 0.29) is 5.75 Å². The lowest BCUT2D eigenvalue weighted by molar-refractivity contribution is -0.133. The highest BCUT2D eigenvalue weighted by Gasteiger charge is 2.01. The van der Waals surface area contributed by atoms with Gasteiger partial charge < -0.3 is 10.4 Å². The zero-order valence-electron chi connectivity index (χ0n) is 11.2. The van der Waals surface area contributed by atoms with E-state index in [1.165, 1.54) is 11.8 Å². The van der Waals surface area contributed by atoms with Gasteiger partial charge in [0.1, 0.15) is 5.82 Å². The molecule has 104 valence electrons. The molecule has 0 saturated carbocycles. The summed E-state index contributed by atoms with van der Waals surface area (Å²) in [6, 6.07) is 11.8. The van der Waals surface area contributed by atoms with Crippen LogP contribution in [0.25, 0.3) is 0 Å². The van der Waals surface area contributed by atoms with E-state index in [0.29, 0.717) is 6.54 Å². The molecule has 20 heavy (non-hydrogen) atoms. The minimum absolute atomic E-state index is 0.0880. The molecule has 0 amide bonds. The van der Waals surface area contributed by atoms with Crippen LogP contribution < -0.4 is 5.32 Å². The van der Waals surface area contributed by atoms with Crippen LogP contribution >= 0.6 is 11.8 Å². The first-order valence-electron chi connectivity index (χ1n) is 6.24. The second-order valence-corrected chi connectivity index (χ2v) is 5.40. The number of carbonyl (C=O) groups is 1. The first kappa shape index (κ1) is 14.4. The van der Waals surface area contributed by atoms with Gasteiger partial charge in [-0.25, -0.2) is 4.98 Å². The normalized spacial score (nSPS) is 10.2. The van der Waals surface area contributed by atoms with E-state index in [1.807, 2.05) is 43.3 Å². The Hall–Kier alpha value is -2.01. The van der Waals surface area contributed by atoms with Crippen molar-refractivity contribution in [2.24, 2.45) is 0 Å². The highest BCUT2D eigenvalue weighted by atomic mass is 32.2. The standard InChI is InChI=1S/C15H16N2O2S/c1-11-3-2-8-16-15(11)17-9-12-4-6-13(7-5-12)20-10-14(18)19/h2-8H,9-10H2,1H3,(H,16,17)(H,18,19). The molecular formula is C15H16N2O2S. The molecule has 0 spiro atoms. The summed E-state index contributed by atoms with van der Waals surface area (Å²) in [6.07, 6.45) is 1.76. The van der Waals surface area contributed by atoms with Crippen molar-refractivity contribution in [3.05, 3.63) is 53.7 Å². The van der Waals surface area contributed by atoms with E-state index < -0.39 is 5.97 Å². The summed E-state index contributed by atoms with van der Waals surface area (Å²) in [5.74, 6) is 0.174. The summed E-state index contributed by atoms with van der Waals surface area (Å²) >= 11 is 1.32. The minimum Gasteiger partial charge on any atom is -0.481 e. The molecule has 0 radical (unpaired) electrons. The molecule has 5 heteroatoms. The number of aryl methyl sites for hydroxylation is 1. The average molecular weight is 288 g/mol. The van der Waals surface area contributed by atoms with Crippen LogP contribution in [0.2, 0.25) is 0 Å². The van der Waals surface area contributed by atoms with E-state index in [4.69, 9.17) is 5.11 Å².